The van der Waals surface area contributed by atoms with Crippen LogP contribution in [0.1, 0.15) is 23.2 Å². The number of nitrogens with one attached hydrogen (secondary N) is 2. The van der Waals surface area contributed by atoms with Gasteiger partial charge in [-0.25, -0.2) is 4.39 Å². The van der Waals surface area contributed by atoms with E-state index in [-0.39, 0.29) is 22.3 Å². The Morgan fingerprint density at radius 2 is 2.00 bits per heavy atom. The van der Waals surface area contributed by atoms with Gasteiger partial charge in [-0.15, -0.1) is 0 Å². The SMILES string of the molecule is O=C(Nc1ccc(F)c(Cl)c1)c1ccc(NC2CC2)c([N+](=O)[O-])c1. The third-order valence-electron chi connectivity index (χ3n) is 3.57. The van der Waals surface area contributed by atoms with Crippen LogP contribution in [0.25, 0.3) is 0 Å². The fourth-order valence-corrected chi connectivity index (χ4v) is 2.35. The average Bonchev–Trinajstić information content (AvgIpc) is 3.35. The van der Waals surface area contributed by atoms with Gasteiger partial charge in [-0.1, -0.05) is 11.6 Å². The largest absolute Gasteiger partial charge is 0.377 e. The van der Waals surface area contributed by atoms with E-state index in [9.17, 15) is 19.3 Å². The molecule has 3 rings (SSSR count). The molecular formula is C16H13ClFN3O3. The van der Waals surface area contributed by atoms with Crippen LogP contribution < -0.4 is 10.6 Å². The van der Waals surface area contributed by atoms with Gasteiger partial charge >= 0.3 is 0 Å². The van der Waals surface area contributed by atoms with Gasteiger partial charge in [-0.3, -0.25) is 14.9 Å². The Labute approximate surface area is 141 Å². The number of nitro groups is 1. The molecule has 0 aliphatic heterocycles. The highest BCUT2D eigenvalue weighted by Crippen LogP contribution is 2.31. The highest BCUT2D eigenvalue weighted by Gasteiger charge is 2.25. The minimum atomic E-state index is -0.596. The summed E-state index contributed by atoms with van der Waals surface area (Å²) in [4.78, 5) is 22.9. The Balaban J connectivity index is 1.82. The van der Waals surface area contributed by atoms with Crippen LogP contribution in [0.5, 0.6) is 0 Å². The number of halogens is 2. The molecule has 1 aliphatic rings. The van der Waals surface area contributed by atoms with E-state index in [1.807, 2.05) is 0 Å². The molecule has 0 spiro atoms. The lowest BCUT2D eigenvalue weighted by Gasteiger charge is -2.09. The Hall–Kier alpha value is -2.67. The molecule has 1 fully saturated rings. The first-order chi connectivity index (χ1) is 11.4. The van der Waals surface area contributed by atoms with Crippen LogP contribution in [-0.4, -0.2) is 16.9 Å². The third-order valence-corrected chi connectivity index (χ3v) is 3.86. The van der Waals surface area contributed by atoms with E-state index in [4.69, 9.17) is 11.6 Å². The standard InChI is InChI=1S/C16H13ClFN3O3/c17-12-8-11(4-5-13(12)18)20-16(22)9-1-6-14(19-10-2-3-10)15(7-9)21(23)24/h1,4-8,10,19H,2-3H2,(H,20,22). The van der Waals surface area contributed by atoms with Crippen molar-refractivity contribution in [1.29, 1.82) is 0 Å². The summed E-state index contributed by atoms with van der Waals surface area (Å²) >= 11 is 5.66. The molecule has 0 aromatic heterocycles. The highest BCUT2D eigenvalue weighted by molar-refractivity contribution is 6.31. The maximum Gasteiger partial charge on any atom is 0.293 e. The molecule has 1 aliphatic carbocycles. The number of hydrogen-bond acceptors (Lipinski definition) is 4. The molecule has 0 saturated heterocycles. The van der Waals surface area contributed by atoms with E-state index in [0.29, 0.717) is 11.4 Å². The number of carbonyl (C=O) groups is 1. The van der Waals surface area contributed by atoms with Gasteiger partial charge in [0.15, 0.2) is 0 Å². The van der Waals surface area contributed by atoms with E-state index < -0.39 is 16.6 Å². The van der Waals surface area contributed by atoms with Gasteiger partial charge in [-0.05, 0) is 43.2 Å². The summed E-state index contributed by atoms with van der Waals surface area (Å²) in [6.45, 7) is 0. The molecule has 2 N–H and O–H groups in total. The van der Waals surface area contributed by atoms with Crippen molar-refractivity contribution in [3.05, 3.63) is 62.9 Å². The first kappa shape index (κ1) is 16.2. The van der Waals surface area contributed by atoms with Crippen molar-refractivity contribution < 1.29 is 14.1 Å². The van der Waals surface area contributed by atoms with Crippen molar-refractivity contribution >= 4 is 34.6 Å². The number of amides is 1. The van der Waals surface area contributed by atoms with Crippen LogP contribution in [0, 0.1) is 15.9 Å². The number of hydrogen-bond donors (Lipinski definition) is 2. The Morgan fingerprint density at radius 1 is 1.25 bits per heavy atom. The molecule has 0 heterocycles. The van der Waals surface area contributed by atoms with Gasteiger partial charge in [0.05, 0.1) is 9.95 Å². The molecule has 0 radical (unpaired) electrons. The maximum atomic E-state index is 13.1. The van der Waals surface area contributed by atoms with E-state index in [1.165, 1.54) is 30.3 Å². The molecule has 1 amide bonds. The zero-order valence-corrected chi connectivity index (χ0v) is 13.1. The van der Waals surface area contributed by atoms with Gasteiger partial charge in [0.1, 0.15) is 11.5 Å². The summed E-state index contributed by atoms with van der Waals surface area (Å²) in [6.07, 6.45) is 1.95. The topological polar surface area (TPSA) is 84.3 Å². The molecule has 0 atom stereocenters. The molecule has 6 nitrogen and oxygen atoms in total. The lowest BCUT2D eigenvalue weighted by molar-refractivity contribution is -0.384. The van der Waals surface area contributed by atoms with Crippen molar-refractivity contribution in [2.45, 2.75) is 18.9 Å². The Kier molecular flexibility index (Phi) is 4.35. The summed E-state index contributed by atoms with van der Waals surface area (Å²) in [5.41, 5.74) is 0.660. The smallest absolute Gasteiger partial charge is 0.293 e. The van der Waals surface area contributed by atoms with Gasteiger partial charge in [-0.2, -0.15) is 0 Å². The first-order valence-electron chi connectivity index (χ1n) is 7.25. The molecule has 124 valence electrons. The van der Waals surface area contributed by atoms with E-state index in [2.05, 4.69) is 10.6 Å². The van der Waals surface area contributed by atoms with E-state index >= 15 is 0 Å². The monoisotopic (exact) mass is 349 g/mol. The molecule has 0 bridgehead atoms. The minimum absolute atomic E-state index is 0.122. The lowest BCUT2D eigenvalue weighted by atomic mass is 10.1. The van der Waals surface area contributed by atoms with E-state index in [0.717, 1.165) is 18.9 Å². The zero-order chi connectivity index (χ0) is 17.3. The quantitative estimate of drug-likeness (QED) is 0.625. The number of nitrogens with zero attached hydrogens (tertiary/aromatic N) is 1. The van der Waals surface area contributed by atoms with Crippen LogP contribution in [0.15, 0.2) is 36.4 Å². The Bertz CT molecular complexity index is 824. The molecule has 1 saturated carbocycles. The predicted molar refractivity (Wildman–Crippen MR) is 89.1 cm³/mol. The van der Waals surface area contributed by atoms with Gasteiger partial charge < -0.3 is 10.6 Å². The van der Waals surface area contributed by atoms with Crippen LogP contribution in [0.2, 0.25) is 5.02 Å². The van der Waals surface area contributed by atoms with Crippen molar-refractivity contribution in [2.24, 2.45) is 0 Å². The summed E-state index contributed by atoms with van der Waals surface area (Å²) in [5, 5.41) is 16.7. The van der Waals surface area contributed by atoms with Gasteiger partial charge in [0, 0.05) is 23.4 Å². The number of benzene rings is 2. The lowest BCUT2D eigenvalue weighted by Crippen LogP contribution is -2.13. The number of rotatable bonds is 5. The number of carbonyl (C=O) groups excluding carboxylic acids is 1. The summed E-state index contributed by atoms with van der Waals surface area (Å²) < 4.78 is 13.1. The Morgan fingerprint density at radius 3 is 2.62 bits per heavy atom. The highest BCUT2D eigenvalue weighted by atomic mass is 35.5. The summed E-state index contributed by atoms with van der Waals surface area (Å²) in [7, 11) is 0. The van der Waals surface area contributed by atoms with Crippen molar-refractivity contribution in [2.75, 3.05) is 10.6 Å². The second kappa shape index (κ2) is 6.45. The normalized spacial score (nSPS) is 13.4. The molecule has 8 heteroatoms. The molecular weight excluding hydrogens is 337 g/mol. The van der Waals surface area contributed by atoms with E-state index in [1.54, 1.807) is 0 Å². The first-order valence-corrected chi connectivity index (χ1v) is 7.63. The summed E-state index contributed by atoms with van der Waals surface area (Å²) in [5.74, 6) is -1.14. The van der Waals surface area contributed by atoms with Gasteiger partial charge in [0.2, 0.25) is 0 Å². The minimum Gasteiger partial charge on any atom is -0.377 e. The summed E-state index contributed by atoms with van der Waals surface area (Å²) in [6, 6.07) is 8.24. The van der Waals surface area contributed by atoms with Gasteiger partial charge in [0.25, 0.3) is 11.6 Å². The van der Waals surface area contributed by atoms with Crippen LogP contribution >= 0.6 is 11.6 Å². The maximum absolute atomic E-state index is 13.1. The second-order valence-corrected chi connectivity index (χ2v) is 5.90. The molecule has 0 unspecified atom stereocenters. The second-order valence-electron chi connectivity index (χ2n) is 5.49. The zero-order valence-electron chi connectivity index (χ0n) is 12.4. The van der Waals surface area contributed by atoms with Crippen molar-refractivity contribution in [3.8, 4) is 0 Å². The fourth-order valence-electron chi connectivity index (χ4n) is 2.17. The van der Waals surface area contributed by atoms with Crippen molar-refractivity contribution in [1.82, 2.24) is 0 Å². The molecule has 2 aromatic rings. The third kappa shape index (κ3) is 3.62. The average molecular weight is 350 g/mol. The number of anilines is 2. The fraction of sp³-hybridized carbons (Fsp3) is 0.188. The number of nitro benzene ring substituents is 1. The molecule has 2 aromatic carbocycles. The van der Waals surface area contributed by atoms with Crippen LogP contribution in [0.3, 0.4) is 0 Å². The van der Waals surface area contributed by atoms with Crippen LogP contribution in [0.4, 0.5) is 21.5 Å². The van der Waals surface area contributed by atoms with Crippen LogP contribution in [-0.2, 0) is 0 Å². The predicted octanol–water partition coefficient (Wildman–Crippen LogP) is 4.21. The molecule has 24 heavy (non-hydrogen) atoms. The van der Waals surface area contributed by atoms with Crippen molar-refractivity contribution in [3.63, 3.8) is 0 Å².